The molecule has 1 aromatic rings. The Morgan fingerprint density at radius 1 is 1.27 bits per heavy atom. The summed E-state index contributed by atoms with van der Waals surface area (Å²) < 4.78 is 17.2. The molecular weight excluding hydrogens is 710 g/mol. The van der Waals surface area contributed by atoms with E-state index in [0.29, 0.717) is 42.1 Å². The number of anilines is 1. The fourth-order valence-electron chi connectivity index (χ4n) is 5.91. The van der Waals surface area contributed by atoms with Gasteiger partial charge < -0.3 is 39.5 Å². The van der Waals surface area contributed by atoms with Crippen molar-refractivity contribution < 1.29 is 43.6 Å². The smallest absolute Gasteiger partial charge is 0.407 e. The summed E-state index contributed by atoms with van der Waals surface area (Å²) in [5, 5.41) is 19.0. The minimum Gasteiger partial charge on any atom is -0.495 e. The second kappa shape index (κ2) is 22.4. The monoisotopic (exact) mass is 765 g/mol. The molecule has 0 aliphatic carbocycles. The number of halogens is 1. The molecule has 0 spiro atoms. The van der Waals surface area contributed by atoms with E-state index in [1.807, 2.05) is 31.4 Å². The fourth-order valence-corrected chi connectivity index (χ4v) is 6.60. The number of carbonyl (C=O) groups is 4. The van der Waals surface area contributed by atoms with Gasteiger partial charge in [0.1, 0.15) is 22.9 Å². The Kier molecular flexibility index (Phi) is 19.9. The van der Waals surface area contributed by atoms with E-state index in [0.717, 1.165) is 36.8 Å². The molecule has 0 radical (unpaired) electrons. The van der Waals surface area contributed by atoms with Gasteiger partial charge in [0.2, 0.25) is 11.8 Å². The molecule has 0 aromatic heterocycles. The second-order valence-corrected chi connectivity index (χ2v) is 14.3. The molecule has 4 bridgehead atoms. The van der Waals surface area contributed by atoms with Crippen LogP contribution in [0.5, 0.6) is 5.75 Å². The molecule has 3 aliphatic heterocycles. The van der Waals surface area contributed by atoms with Crippen LogP contribution in [-0.4, -0.2) is 109 Å². The standard InChI is InChI=1S/C27H35ClN2O5.C8H15NO3S.C2H2.CH4O/c1-16-8-6-7-9-19-15-21(34-26(32)29-19)17(2)25-27(3,35-25)11-10-23(31)30(4)20-13-18(12-16)14-22(33-5)24(20)28;1-6(8(11)12)9(2)7(10)4-5-13-3;2*1-2/h6-8,13-14,17,19,21,25H,9-12,15H2,1-5H3,(H,29,32);6H,4-5H2,1-3H3,(H,11,12);1-2H;2H,1H3/b7-6+,16-8+;;;/t17-,19?,21+,25+,27+;6-;;/m11../s1. The number of aliphatic carboxylic acids is 1. The number of thioether (sulfide) groups is 1. The van der Waals surface area contributed by atoms with Crippen LogP contribution in [-0.2, 0) is 30.3 Å². The zero-order valence-electron chi connectivity index (χ0n) is 31.8. The van der Waals surface area contributed by atoms with E-state index in [-0.39, 0.29) is 42.1 Å². The van der Waals surface area contributed by atoms with Crippen molar-refractivity contribution >= 4 is 52.9 Å². The summed E-state index contributed by atoms with van der Waals surface area (Å²) in [4.78, 5) is 50.0. The Labute approximate surface area is 318 Å². The maximum Gasteiger partial charge on any atom is 0.407 e. The van der Waals surface area contributed by atoms with Gasteiger partial charge in [0.05, 0.1) is 24.5 Å². The number of nitrogens with one attached hydrogen (secondary N) is 1. The number of carboxylic acids is 1. The Balaban J connectivity index is 0.000000672. The van der Waals surface area contributed by atoms with Crippen LogP contribution in [0.3, 0.4) is 0 Å². The predicted molar refractivity (Wildman–Crippen MR) is 207 cm³/mol. The van der Waals surface area contributed by atoms with E-state index < -0.39 is 17.6 Å². The van der Waals surface area contributed by atoms with Crippen molar-refractivity contribution in [1.29, 1.82) is 0 Å². The SMILES string of the molecule is C#C.CO.COc1cc2cc(c1Cl)N(C)C(=O)CC[C@]1(C)O[C@H]1[C@H](C)[C@@H]1CC(C/C=C/C=C(\C)C2)NC(=O)O1.CSCCC(=O)N(C)[C@H](C)C(=O)O. The lowest BCUT2D eigenvalue weighted by molar-refractivity contribution is -0.148. The molecule has 6 atom stereocenters. The number of nitrogens with zero attached hydrogens (tertiary/aromatic N) is 2. The number of epoxide rings is 1. The number of hydrogen-bond acceptors (Lipinski definition) is 9. The molecule has 2 fully saturated rings. The number of ether oxygens (including phenoxy) is 3. The molecule has 52 heavy (non-hydrogen) atoms. The van der Waals surface area contributed by atoms with Crippen molar-refractivity contribution in [3.05, 3.63) is 46.5 Å². The molecule has 14 heteroatoms. The highest BCUT2D eigenvalue weighted by atomic mass is 35.5. The molecule has 3 heterocycles. The summed E-state index contributed by atoms with van der Waals surface area (Å²) >= 11 is 8.17. The van der Waals surface area contributed by atoms with E-state index >= 15 is 0 Å². The van der Waals surface area contributed by atoms with Gasteiger partial charge in [-0.25, -0.2) is 9.59 Å². The summed E-state index contributed by atoms with van der Waals surface area (Å²) in [6.07, 6.45) is 18.8. The third-order valence-corrected chi connectivity index (χ3v) is 10.2. The maximum absolute atomic E-state index is 13.2. The molecule has 0 saturated carbocycles. The Bertz CT molecular complexity index is 1450. The molecular formula is C38H56ClN3O9S. The number of carbonyl (C=O) groups excluding carboxylic acids is 3. The first-order chi connectivity index (χ1) is 24.6. The third kappa shape index (κ3) is 13.4. The minimum absolute atomic E-state index is 0.0130. The normalized spacial score (nSPS) is 26.2. The van der Waals surface area contributed by atoms with Crippen molar-refractivity contribution in [2.45, 2.75) is 96.1 Å². The van der Waals surface area contributed by atoms with Gasteiger partial charge in [-0.15, -0.1) is 12.8 Å². The maximum atomic E-state index is 13.2. The Hall–Kier alpha value is -3.70. The van der Waals surface area contributed by atoms with Crippen molar-refractivity contribution in [1.82, 2.24) is 10.2 Å². The molecule has 12 nitrogen and oxygen atoms in total. The molecule has 290 valence electrons. The molecule has 2 saturated heterocycles. The van der Waals surface area contributed by atoms with Crippen molar-refractivity contribution in [3.8, 4) is 18.6 Å². The quantitative estimate of drug-likeness (QED) is 0.241. The lowest BCUT2D eigenvalue weighted by atomic mass is 9.86. The summed E-state index contributed by atoms with van der Waals surface area (Å²) in [5.74, 6) is 0.169. The van der Waals surface area contributed by atoms with Gasteiger partial charge in [-0.1, -0.05) is 42.3 Å². The minimum atomic E-state index is -0.972. The molecule has 4 rings (SSSR count). The number of fused-ring (bicyclic) bond motifs is 5. The Morgan fingerprint density at radius 2 is 1.92 bits per heavy atom. The molecule has 1 unspecified atom stereocenters. The number of aliphatic hydroxyl groups excluding tert-OH is 1. The zero-order valence-corrected chi connectivity index (χ0v) is 33.4. The highest BCUT2D eigenvalue weighted by Crippen LogP contribution is 2.47. The largest absolute Gasteiger partial charge is 0.495 e. The van der Waals surface area contributed by atoms with Crippen molar-refractivity contribution in [2.75, 3.05) is 45.2 Å². The first-order valence-corrected chi connectivity index (χ1v) is 18.7. The summed E-state index contributed by atoms with van der Waals surface area (Å²) in [5.41, 5.74) is 2.37. The molecule has 3 amide bonds. The van der Waals surface area contributed by atoms with E-state index in [1.54, 1.807) is 30.8 Å². The number of likely N-dealkylation sites (N-methyl/N-ethyl adjacent to an activating group) is 1. The number of benzene rings is 1. The van der Waals surface area contributed by atoms with Crippen LogP contribution < -0.4 is 15.0 Å². The van der Waals surface area contributed by atoms with Gasteiger partial charge >= 0.3 is 12.1 Å². The molecule has 3 aliphatic rings. The van der Waals surface area contributed by atoms with E-state index in [4.69, 9.17) is 36.0 Å². The Morgan fingerprint density at radius 3 is 2.52 bits per heavy atom. The van der Waals surface area contributed by atoms with E-state index in [2.05, 4.69) is 44.2 Å². The number of rotatable bonds is 6. The number of amides is 3. The number of alkyl carbamates (subject to hydrolysis) is 1. The van der Waals surface area contributed by atoms with Crippen LogP contribution in [0, 0.1) is 18.8 Å². The topological polar surface area (TPSA) is 158 Å². The van der Waals surface area contributed by atoms with Crippen LogP contribution in [0.1, 0.15) is 65.4 Å². The first kappa shape index (κ1) is 46.3. The predicted octanol–water partition coefficient (Wildman–Crippen LogP) is 5.73. The van der Waals surface area contributed by atoms with Crippen molar-refractivity contribution in [3.63, 3.8) is 0 Å². The average molecular weight is 766 g/mol. The summed E-state index contributed by atoms with van der Waals surface area (Å²) in [6, 6.07) is 3.14. The van der Waals surface area contributed by atoms with Crippen molar-refractivity contribution in [2.24, 2.45) is 5.92 Å². The third-order valence-electron chi connectivity index (χ3n) is 9.24. The van der Waals surface area contributed by atoms with Crippen LogP contribution in [0.15, 0.2) is 35.9 Å². The summed E-state index contributed by atoms with van der Waals surface area (Å²) in [7, 11) is 5.84. The van der Waals surface area contributed by atoms with E-state index in [9.17, 15) is 19.2 Å². The van der Waals surface area contributed by atoms with Crippen LogP contribution in [0.4, 0.5) is 10.5 Å². The first-order valence-electron chi connectivity index (χ1n) is 17.0. The summed E-state index contributed by atoms with van der Waals surface area (Å²) in [6.45, 7) is 7.65. The zero-order chi connectivity index (χ0) is 39.8. The van der Waals surface area contributed by atoms with Gasteiger partial charge in [0, 0.05) is 58.2 Å². The number of hydrogen-bond donors (Lipinski definition) is 3. The van der Waals surface area contributed by atoms with E-state index in [1.165, 1.54) is 18.9 Å². The second-order valence-electron chi connectivity index (χ2n) is 12.9. The molecule has 1 aromatic carbocycles. The number of aliphatic hydroxyl groups is 1. The van der Waals surface area contributed by atoms with Gasteiger partial charge in [0.15, 0.2) is 0 Å². The van der Waals surface area contributed by atoms with Gasteiger partial charge in [-0.2, -0.15) is 11.8 Å². The van der Waals surface area contributed by atoms with Gasteiger partial charge in [0.25, 0.3) is 0 Å². The number of methoxy groups -OCH3 is 1. The highest BCUT2D eigenvalue weighted by Gasteiger charge is 2.57. The molecule has 3 N–H and O–H groups in total. The number of carboxylic acid groups (broad SMARTS) is 1. The van der Waals surface area contributed by atoms with Gasteiger partial charge in [-0.3, -0.25) is 9.59 Å². The van der Waals surface area contributed by atoms with Gasteiger partial charge in [-0.05, 0) is 64.0 Å². The number of allylic oxidation sites excluding steroid dienone is 3. The lowest BCUT2D eigenvalue weighted by Crippen LogP contribution is -2.48. The van der Waals surface area contributed by atoms with Crippen LogP contribution in [0.2, 0.25) is 5.02 Å². The number of terminal acetylenes is 1. The highest BCUT2D eigenvalue weighted by molar-refractivity contribution is 7.98. The van der Waals surface area contributed by atoms with Crippen LogP contribution in [0.25, 0.3) is 0 Å². The fraction of sp³-hybridized carbons (Fsp3) is 0.579. The lowest BCUT2D eigenvalue weighted by Gasteiger charge is -2.33. The average Bonchev–Trinajstić information content (AvgIpc) is 3.82. The van der Waals surface area contributed by atoms with Crippen LogP contribution >= 0.6 is 23.4 Å².